The molecule has 0 aliphatic heterocycles. The van der Waals surface area contributed by atoms with Crippen molar-refractivity contribution in [2.24, 2.45) is 0 Å². The minimum Gasteiger partial charge on any atom is -0.497 e. The Bertz CT molecular complexity index is 490. The van der Waals surface area contributed by atoms with Crippen LogP contribution in [0.15, 0.2) is 29.3 Å². The van der Waals surface area contributed by atoms with E-state index in [0.717, 1.165) is 21.5 Å². The normalized spacial score (nSPS) is 13.0. The van der Waals surface area contributed by atoms with E-state index >= 15 is 0 Å². The number of hydrogen-bond acceptors (Lipinski definition) is 2. The molecular formula is C10H11NO2S. The lowest BCUT2D eigenvalue weighted by Gasteiger charge is -1.99. The molecule has 1 aromatic carbocycles. The number of benzene rings is 1. The van der Waals surface area contributed by atoms with Gasteiger partial charge in [-0.2, -0.15) is 0 Å². The van der Waals surface area contributed by atoms with Gasteiger partial charge in [-0.25, -0.2) is 0 Å². The predicted octanol–water partition coefficient (Wildman–Crippen LogP) is 1.91. The number of hydrogen-bond donors (Lipinski definition) is 1. The molecule has 1 unspecified atom stereocenters. The third-order valence-electron chi connectivity index (χ3n) is 2.16. The lowest BCUT2D eigenvalue weighted by Crippen LogP contribution is -1.85. The first-order valence-corrected chi connectivity index (χ1v) is 5.76. The van der Waals surface area contributed by atoms with E-state index in [1.165, 1.54) is 0 Å². The third-order valence-corrected chi connectivity index (χ3v) is 3.12. The summed E-state index contributed by atoms with van der Waals surface area (Å²) in [6.45, 7) is 0. The number of aromatic nitrogens is 1. The zero-order chi connectivity index (χ0) is 10.1. The Morgan fingerprint density at radius 3 is 2.86 bits per heavy atom. The second-order valence-electron chi connectivity index (χ2n) is 3.02. The molecule has 0 aliphatic rings. The molecule has 1 heterocycles. The SMILES string of the molecule is COc1ccc2[nH]cc(S(C)=O)c2c1. The van der Waals surface area contributed by atoms with E-state index in [9.17, 15) is 4.21 Å². The summed E-state index contributed by atoms with van der Waals surface area (Å²) in [5.74, 6) is 0.781. The van der Waals surface area contributed by atoms with Gasteiger partial charge >= 0.3 is 0 Å². The largest absolute Gasteiger partial charge is 0.497 e. The van der Waals surface area contributed by atoms with Crippen LogP contribution in [0.1, 0.15) is 0 Å². The van der Waals surface area contributed by atoms with Crippen LogP contribution in [0.25, 0.3) is 10.9 Å². The average molecular weight is 209 g/mol. The molecule has 74 valence electrons. The lowest BCUT2D eigenvalue weighted by molar-refractivity contribution is 0.415. The Hall–Kier alpha value is -1.29. The highest BCUT2D eigenvalue weighted by atomic mass is 32.2. The molecule has 1 aromatic heterocycles. The average Bonchev–Trinajstić information content (AvgIpc) is 2.59. The molecule has 3 nitrogen and oxygen atoms in total. The molecule has 0 radical (unpaired) electrons. The van der Waals surface area contributed by atoms with Crippen LogP contribution in [0.2, 0.25) is 0 Å². The van der Waals surface area contributed by atoms with Crippen LogP contribution in [-0.4, -0.2) is 22.6 Å². The van der Waals surface area contributed by atoms with Crippen molar-refractivity contribution in [3.63, 3.8) is 0 Å². The summed E-state index contributed by atoms with van der Waals surface area (Å²) < 4.78 is 16.5. The van der Waals surface area contributed by atoms with E-state index in [1.807, 2.05) is 18.2 Å². The van der Waals surface area contributed by atoms with Crippen LogP contribution in [0.4, 0.5) is 0 Å². The van der Waals surface area contributed by atoms with Crippen molar-refractivity contribution in [3.8, 4) is 5.75 Å². The standard InChI is InChI=1S/C10H11NO2S/c1-13-7-3-4-9-8(5-7)10(6-11-9)14(2)12/h3-6,11H,1-2H3. The highest BCUT2D eigenvalue weighted by Gasteiger charge is 2.07. The molecule has 0 fully saturated rings. The molecule has 4 heteroatoms. The number of methoxy groups -OCH3 is 1. The molecular weight excluding hydrogens is 198 g/mol. The summed E-state index contributed by atoms with van der Waals surface area (Å²) in [4.78, 5) is 3.89. The van der Waals surface area contributed by atoms with Gasteiger partial charge in [0.2, 0.25) is 0 Å². The molecule has 14 heavy (non-hydrogen) atoms. The summed E-state index contributed by atoms with van der Waals surface area (Å²) in [7, 11) is 0.652. The Labute approximate surface area is 84.5 Å². The smallest absolute Gasteiger partial charge is 0.119 e. The fraction of sp³-hybridized carbons (Fsp3) is 0.200. The van der Waals surface area contributed by atoms with Gasteiger partial charge in [0.25, 0.3) is 0 Å². The van der Waals surface area contributed by atoms with E-state index in [2.05, 4.69) is 4.98 Å². The van der Waals surface area contributed by atoms with Gasteiger partial charge in [0.15, 0.2) is 0 Å². The van der Waals surface area contributed by atoms with E-state index in [0.29, 0.717) is 0 Å². The van der Waals surface area contributed by atoms with Crippen LogP contribution in [0.5, 0.6) is 5.75 Å². The summed E-state index contributed by atoms with van der Waals surface area (Å²) in [6, 6.07) is 5.69. The Kier molecular flexibility index (Phi) is 2.29. The second-order valence-corrected chi connectivity index (χ2v) is 4.37. The topological polar surface area (TPSA) is 42.1 Å². The highest BCUT2D eigenvalue weighted by molar-refractivity contribution is 7.84. The van der Waals surface area contributed by atoms with Gasteiger partial charge in [0.05, 0.1) is 22.8 Å². The molecule has 1 atom stereocenters. The number of ether oxygens (including phenoxy) is 1. The Morgan fingerprint density at radius 2 is 2.21 bits per heavy atom. The zero-order valence-corrected chi connectivity index (χ0v) is 8.85. The van der Waals surface area contributed by atoms with Crippen molar-refractivity contribution in [1.82, 2.24) is 4.98 Å². The van der Waals surface area contributed by atoms with Crippen LogP contribution in [-0.2, 0) is 10.8 Å². The summed E-state index contributed by atoms with van der Waals surface area (Å²) in [6.07, 6.45) is 3.45. The van der Waals surface area contributed by atoms with Crippen molar-refractivity contribution in [1.29, 1.82) is 0 Å². The maximum absolute atomic E-state index is 11.4. The third kappa shape index (κ3) is 1.42. The van der Waals surface area contributed by atoms with Crippen molar-refractivity contribution < 1.29 is 8.95 Å². The van der Waals surface area contributed by atoms with Crippen molar-refractivity contribution >= 4 is 21.7 Å². The van der Waals surface area contributed by atoms with Crippen LogP contribution in [0, 0.1) is 0 Å². The van der Waals surface area contributed by atoms with E-state index in [-0.39, 0.29) is 0 Å². The molecule has 2 aromatic rings. The Balaban J connectivity index is 2.69. The van der Waals surface area contributed by atoms with Gasteiger partial charge in [-0.15, -0.1) is 0 Å². The molecule has 1 N–H and O–H groups in total. The Morgan fingerprint density at radius 1 is 1.43 bits per heavy atom. The van der Waals surface area contributed by atoms with E-state index in [1.54, 1.807) is 19.6 Å². The lowest BCUT2D eigenvalue weighted by atomic mass is 10.2. The quantitative estimate of drug-likeness (QED) is 0.821. The number of H-pyrrole nitrogens is 1. The molecule has 2 rings (SSSR count). The fourth-order valence-electron chi connectivity index (χ4n) is 1.44. The molecule has 0 bridgehead atoms. The van der Waals surface area contributed by atoms with Gasteiger partial charge in [-0.3, -0.25) is 4.21 Å². The maximum atomic E-state index is 11.4. The molecule has 0 aliphatic carbocycles. The minimum atomic E-state index is -0.969. The van der Waals surface area contributed by atoms with Crippen LogP contribution >= 0.6 is 0 Å². The van der Waals surface area contributed by atoms with Crippen LogP contribution < -0.4 is 4.74 Å². The fourth-order valence-corrected chi connectivity index (χ4v) is 2.14. The van der Waals surface area contributed by atoms with Gasteiger partial charge in [0.1, 0.15) is 5.75 Å². The van der Waals surface area contributed by atoms with E-state index in [4.69, 9.17) is 4.74 Å². The van der Waals surface area contributed by atoms with Crippen molar-refractivity contribution in [2.45, 2.75) is 4.90 Å². The number of fused-ring (bicyclic) bond motifs is 1. The summed E-state index contributed by atoms with van der Waals surface area (Å²) in [5, 5.41) is 0.963. The summed E-state index contributed by atoms with van der Waals surface area (Å²) >= 11 is 0. The highest BCUT2D eigenvalue weighted by Crippen LogP contribution is 2.25. The molecule has 0 saturated heterocycles. The van der Waals surface area contributed by atoms with E-state index < -0.39 is 10.8 Å². The van der Waals surface area contributed by atoms with Crippen molar-refractivity contribution in [2.75, 3.05) is 13.4 Å². The molecule has 0 saturated carbocycles. The monoisotopic (exact) mass is 209 g/mol. The van der Waals surface area contributed by atoms with Gasteiger partial charge in [0, 0.05) is 23.4 Å². The number of nitrogens with one attached hydrogen (secondary N) is 1. The number of rotatable bonds is 2. The first kappa shape index (κ1) is 9.27. The minimum absolute atomic E-state index is 0.781. The van der Waals surface area contributed by atoms with Crippen molar-refractivity contribution in [3.05, 3.63) is 24.4 Å². The van der Waals surface area contributed by atoms with Gasteiger partial charge in [-0.05, 0) is 18.2 Å². The number of aromatic amines is 1. The van der Waals surface area contributed by atoms with Crippen LogP contribution in [0.3, 0.4) is 0 Å². The maximum Gasteiger partial charge on any atom is 0.119 e. The van der Waals surface area contributed by atoms with Gasteiger partial charge in [-0.1, -0.05) is 0 Å². The zero-order valence-electron chi connectivity index (χ0n) is 8.03. The van der Waals surface area contributed by atoms with Gasteiger partial charge < -0.3 is 9.72 Å². The predicted molar refractivity (Wildman–Crippen MR) is 57.2 cm³/mol. The second kappa shape index (κ2) is 3.46. The molecule has 0 spiro atoms. The summed E-state index contributed by atoms with van der Waals surface area (Å²) in [5.41, 5.74) is 0.982. The first-order chi connectivity index (χ1) is 6.72. The first-order valence-electron chi connectivity index (χ1n) is 4.21. The molecule has 0 amide bonds.